The van der Waals surface area contributed by atoms with Crippen LogP contribution in [0.4, 0.5) is 8.78 Å². The van der Waals surface area contributed by atoms with Gasteiger partial charge in [0.1, 0.15) is 0 Å². The van der Waals surface area contributed by atoms with E-state index < -0.39 is 17.6 Å². The Hall–Kier alpha value is -3.33. The number of carboxylic acids is 1. The fourth-order valence-electron chi connectivity index (χ4n) is 5.34. The van der Waals surface area contributed by atoms with Crippen LogP contribution in [-0.4, -0.2) is 44.0 Å². The summed E-state index contributed by atoms with van der Waals surface area (Å²) in [6.45, 7) is 1.23. The molecule has 3 aromatic heterocycles. The van der Waals surface area contributed by atoms with E-state index in [0.717, 1.165) is 46.6 Å². The first kappa shape index (κ1) is 20.3. The van der Waals surface area contributed by atoms with Crippen molar-refractivity contribution in [3.8, 4) is 5.69 Å². The van der Waals surface area contributed by atoms with Crippen LogP contribution in [0.1, 0.15) is 48.8 Å². The third-order valence-electron chi connectivity index (χ3n) is 7.08. The van der Waals surface area contributed by atoms with Crippen LogP contribution in [0.2, 0.25) is 0 Å². The molecule has 1 aromatic carbocycles. The van der Waals surface area contributed by atoms with E-state index in [9.17, 15) is 18.7 Å². The van der Waals surface area contributed by atoms with Gasteiger partial charge in [-0.15, -0.1) is 0 Å². The van der Waals surface area contributed by atoms with Gasteiger partial charge < -0.3 is 14.4 Å². The second-order valence-electron chi connectivity index (χ2n) is 8.99. The van der Waals surface area contributed by atoms with E-state index in [1.165, 1.54) is 6.07 Å². The van der Waals surface area contributed by atoms with Crippen molar-refractivity contribution < 1.29 is 23.4 Å². The molecule has 0 spiro atoms. The van der Waals surface area contributed by atoms with Gasteiger partial charge in [-0.3, -0.25) is 9.89 Å². The number of nitrogens with zero attached hydrogens (tertiary/aromatic N) is 3. The molecular weight excluding hydrogens is 430 g/mol. The lowest BCUT2D eigenvalue weighted by Crippen LogP contribution is -2.30. The molecule has 0 radical (unpaired) electrons. The molecule has 7 nitrogen and oxygen atoms in total. The number of hydrogen-bond acceptors (Lipinski definition) is 4. The first-order chi connectivity index (χ1) is 16.0. The molecule has 1 saturated carbocycles. The lowest BCUT2D eigenvalue weighted by Gasteiger charge is -2.35. The van der Waals surface area contributed by atoms with Crippen LogP contribution in [0, 0.1) is 17.6 Å². The Balaban J connectivity index is 1.65. The number of fused-ring (bicyclic) bond motifs is 2. The zero-order valence-electron chi connectivity index (χ0n) is 17.7. The molecule has 1 aliphatic carbocycles. The summed E-state index contributed by atoms with van der Waals surface area (Å²) in [5.74, 6) is -2.81. The van der Waals surface area contributed by atoms with Crippen molar-refractivity contribution in [2.24, 2.45) is 5.92 Å². The third kappa shape index (κ3) is 3.21. The van der Waals surface area contributed by atoms with Gasteiger partial charge >= 0.3 is 5.97 Å². The highest BCUT2D eigenvalue weighted by molar-refractivity contribution is 5.94. The molecule has 1 saturated heterocycles. The highest BCUT2D eigenvalue weighted by Crippen LogP contribution is 2.49. The van der Waals surface area contributed by atoms with Crippen LogP contribution in [-0.2, 0) is 9.53 Å². The molecule has 2 fully saturated rings. The summed E-state index contributed by atoms with van der Waals surface area (Å²) in [5.41, 5.74) is 4.71. The number of aromatic nitrogens is 4. The number of ether oxygens (including phenoxy) is 1. The molecule has 1 aliphatic heterocycles. The van der Waals surface area contributed by atoms with E-state index in [2.05, 4.69) is 10.2 Å². The molecule has 4 heterocycles. The molecule has 170 valence electrons. The Bertz CT molecular complexity index is 1380. The third-order valence-corrected chi connectivity index (χ3v) is 7.08. The van der Waals surface area contributed by atoms with E-state index >= 15 is 0 Å². The Morgan fingerprint density at radius 1 is 1.12 bits per heavy atom. The summed E-state index contributed by atoms with van der Waals surface area (Å²) in [4.78, 5) is 16.4. The summed E-state index contributed by atoms with van der Waals surface area (Å²) < 4.78 is 35.7. The van der Waals surface area contributed by atoms with Crippen molar-refractivity contribution >= 4 is 28.0 Å². The second-order valence-corrected chi connectivity index (χ2v) is 8.99. The van der Waals surface area contributed by atoms with E-state index in [0.29, 0.717) is 37.4 Å². The Kier molecular flexibility index (Phi) is 4.69. The summed E-state index contributed by atoms with van der Waals surface area (Å²) in [5, 5.41) is 17.3. The van der Waals surface area contributed by atoms with Crippen molar-refractivity contribution in [2.75, 3.05) is 13.2 Å². The molecule has 6 rings (SSSR count). The van der Waals surface area contributed by atoms with Gasteiger partial charge in [0.05, 0.1) is 23.1 Å². The number of pyridine rings is 1. The van der Waals surface area contributed by atoms with Crippen molar-refractivity contribution in [3.05, 3.63) is 53.4 Å². The van der Waals surface area contributed by atoms with Gasteiger partial charge in [-0.1, -0.05) is 0 Å². The van der Waals surface area contributed by atoms with Crippen LogP contribution < -0.4 is 0 Å². The van der Waals surface area contributed by atoms with E-state index in [4.69, 9.17) is 9.72 Å². The fourth-order valence-corrected chi connectivity index (χ4v) is 5.34. The number of carbonyl (C=O) groups is 1. The van der Waals surface area contributed by atoms with Crippen molar-refractivity contribution in [1.82, 2.24) is 19.7 Å². The number of aromatic amines is 1. The Morgan fingerprint density at radius 3 is 2.64 bits per heavy atom. The average molecular weight is 452 g/mol. The lowest BCUT2D eigenvalue weighted by atomic mass is 9.70. The number of rotatable bonds is 4. The van der Waals surface area contributed by atoms with E-state index in [-0.39, 0.29) is 17.8 Å². The highest BCUT2D eigenvalue weighted by atomic mass is 19.2. The minimum atomic E-state index is -0.916. The molecular formula is C24H22F2N4O3. The summed E-state index contributed by atoms with van der Waals surface area (Å²) in [6.07, 6.45) is 4.33. The molecule has 2 aliphatic rings. The van der Waals surface area contributed by atoms with Crippen molar-refractivity contribution in [3.63, 3.8) is 0 Å². The van der Waals surface area contributed by atoms with Crippen molar-refractivity contribution in [2.45, 2.75) is 37.5 Å². The monoisotopic (exact) mass is 452 g/mol. The molecule has 0 amide bonds. The van der Waals surface area contributed by atoms with Gasteiger partial charge in [0.15, 0.2) is 17.3 Å². The van der Waals surface area contributed by atoms with Gasteiger partial charge in [-0.2, -0.15) is 5.10 Å². The summed E-state index contributed by atoms with van der Waals surface area (Å²) >= 11 is 0. The molecule has 0 unspecified atom stereocenters. The average Bonchev–Trinajstić information content (AvgIpc) is 3.36. The van der Waals surface area contributed by atoms with Crippen LogP contribution in [0.15, 0.2) is 30.5 Å². The number of halogens is 2. The largest absolute Gasteiger partial charge is 0.481 e. The number of aliphatic carboxylic acids is 1. The molecule has 0 bridgehead atoms. The van der Waals surface area contributed by atoms with Gasteiger partial charge in [-0.05, 0) is 49.8 Å². The molecule has 4 aromatic rings. The molecule has 33 heavy (non-hydrogen) atoms. The first-order valence-electron chi connectivity index (χ1n) is 11.2. The summed E-state index contributed by atoms with van der Waals surface area (Å²) in [6, 6.07) is 5.88. The maximum absolute atomic E-state index is 14.3. The Labute approximate surface area is 187 Å². The fraction of sp³-hybridized carbons (Fsp3) is 0.375. The van der Waals surface area contributed by atoms with Crippen LogP contribution in [0.3, 0.4) is 0 Å². The maximum Gasteiger partial charge on any atom is 0.306 e. The molecule has 9 heteroatoms. The second kappa shape index (κ2) is 7.62. The van der Waals surface area contributed by atoms with Crippen LogP contribution in [0.25, 0.3) is 27.8 Å². The maximum atomic E-state index is 14.3. The quantitative estimate of drug-likeness (QED) is 0.470. The van der Waals surface area contributed by atoms with Crippen LogP contribution >= 0.6 is 0 Å². The zero-order valence-corrected chi connectivity index (χ0v) is 17.7. The number of carboxylic acid groups (broad SMARTS) is 1. The molecule has 2 N–H and O–H groups in total. The predicted molar refractivity (Wildman–Crippen MR) is 117 cm³/mol. The minimum absolute atomic E-state index is 0.0332. The number of H-pyrrole nitrogens is 1. The first-order valence-corrected chi connectivity index (χ1v) is 11.2. The highest BCUT2D eigenvalue weighted by Gasteiger charge is 2.41. The van der Waals surface area contributed by atoms with Gasteiger partial charge in [0.2, 0.25) is 0 Å². The number of hydrogen-bond donors (Lipinski definition) is 2. The van der Waals surface area contributed by atoms with Gasteiger partial charge in [-0.25, -0.2) is 13.8 Å². The van der Waals surface area contributed by atoms with E-state index in [1.807, 2.05) is 10.6 Å². The van der Waals surface area contributed by atoms with Crippen molar-refractivity contribution in [1.29, 1.82) is 0 Å². The van der Waals surface area contributed by atoms with Gasteiger partial charge in [0, 0.05) is 47.5 Å². The molecule has 0 atom stereocenters. The van der Waals surface area contributed by atoms with E-state index in [1.54, 1.807) is 12.3 Å². The number of benzene rings is 1. The lowest BCUT2D eigenvalue weighted by molar-refractivity contribution is -0.145. The van der Waals surface area contributed by atoms with Crippen LogP contribution in [0.5, 0.6) is 0 Å². The topological polar surface area (TPSA) is 93.0 Å². The normalized spacial score (nSPS) is 21.5. The summed E-state index contributed by atoms with van der Waals surface area (Å²) in [7, 11) is 0. The smallest absolute Gasteiger partial charge is 0.306 e. The van der Waals surface area contributed by atoms with Gasteiger partial charge in [0.25, 0.3) is 0 Å². The minimum Gasteiger partial charge on any atom is -0.481 e. The SMILES string of the molecule is O=C(O)[C@H]1C[C@H](c2c(C3CCOCC3)n(-c3ccc(F)c(F)c3)c3cc4cn[nH]c4nc32)C1. The zero-order chi connectivity index (χ0) is 22.7. The number of nitrogens with one attached hydrogen (secondary N) is 1. The Morgan fingerprint density at radius 2 is 1.91 bits per heavy atom. The standard InChI is InChI=1S/C24H22F2N4O3/c25-17-2-1-16(10-18(17)26)30-19-9-15-11-27-29-23(15)28-21(19)20(13-7-14(8-13)24(31)32)22(30)12-3-5-33-6-4-12/h1-2,9-14H,3-8H2,(H,31,32)(H,27,28,29)/t13-,14-. The predicted octanol–water partition coefficient (Wildman–Crippen LogP) is 4.65.